The van der Waals surface area contributed by atoms with Gasteiger partial charge in [-0.25, -0.2) is 9.37 Å². The summed E-state index contributed by atoms with van der Waals surface area (Å²) in [6.07, 6.45) is 2.99. The van der Waals surface area contributed by atoms with Crippen LogP contribution in [0.15, 0.2) is 42.6 Å². The van der Waals surface area contributed by atoms with Gasteiger partial charge in [-0.3, -0.25) is 4.90 Å². The Morgan fingerprint density at radius 2 is 1.71 bits per heavy atom. The van der Waals surface area contributed by atoms with E-state index in [1.54, 1.807) is 0 Å². The Morgan fingerprint density at radius 1 is 1.05 bits per heavy atom. The van der Waals surface area contributed by atoms with Crippen molar-refractivity contribution in [1.82, 2.24) is 9.88 Å². The number of hydrogen-bond donors (Lipinski definition) is 1. The average Bonchev–Trinajstić information content (AvgIpc) is 2.49. The molecule has 0 radical (unpaired) electrons. The van der Waals surface area contributed by atoms with Crippen LogP contribution in [0.5, 0.6) is 0 Å². The minimum Gasteiger partial charge on any atom is -0.370 e. The molecule has 3 nitrogen and oxygen atoms in total. The van der Waals surface area contributed by atoms with E-state index in [-0.39, 0.29) is 5.82 Å². The smallest absolute Gasteiger partial charge is 0.125 e. The van der Waals surface area contributed by atoms with Gasteiger partial charge in [-0.2, -0.15) is 0 Å². The molecular weight excluding hydrogens is 265 g/mol. The van der Waals surface area contributed by atoms with E-state index in [4.69, 9.17) is 0 Å². The van der Waals surface area contributed by atoms with E-state index in [0.717, 1.165) is 37.4 Å². The fraction of sp³-hybridized carbons (Fsp3) is 0.353. The van der Waals surface area contributed by atoms with Gasteiger partial charge in [-0.05, 0) is 42.8 Å². The lowest BCUT2D eigenvalue weighted by Gasteiger charge is -2.17. The third-order valence-electron chi connectivity index (χ3n) is 3.20. The average molecular weight is 287 g/mol. The lowest BCUT2D eigenvalue weighted by Crippen LogP contribution is -2.17. The molecule has 0 unspecified atom stereocenters. The molecule has 1 N–H and O–H groups in total. The zero-order chi connectivity index (χ0) is 15.1. The maximum Gasteiger partial charge on any atom is 0.125 e. The summed E-state index contributed by atoms with van der Waals surface area (Å²) in [6.45, 7) is 4.68. The molecule has 1 heterocycles. The molecule has 0 amide bonds. The highest BCUT2D eigenvalue weighted by Gasteiger charge is 2.03. The van der Waals surface area contributed by atoms with Crippen molar-refractivity contribution in [2.24, 2.45) is 0 Å². The molecule has 0 aliphatic carbocycles. The highest BCUT2D eigenvalue weighted by atomic mass is 19.1. The highest BCUT2D eigenvalue weighted by molar-refractivity contribution is 5.35. The van der Waals surface area contributed by atoms with Crippen molar-refractivity contribution >= 4 is 5.82 Å². The molecule has 0 atom stereocenters. The molecule has 0 spiro atoms. The summed E-state index contributed by atoms with van der Waals surface area (Å²) in [6, 6.07) is 10.7. The van der Waals surface area contributed by atoms with Crippen molar-refractivity contribution in [2.75, 3.05) is 18.9 Å². The first kappa shape index (κ1) is 15.4. The van der Waals surface area contributed by atoms with Crippen LogP contribution in [0.1, 0.15) is 24.5 Å². The number of hydrogen-bond acceptors (Lipinski definition) is 3. The minimum atomic E-state index is -0.194. The lowest BCUT2D eigenvalue weighted by atomic mass is 10.2. The molecule has 0 aliphatic heterocycles. The molecule has 0 saturated carbocycles. The van der Waals surface area contributed by atoms with Crippen molar-refractivity contribution in [3.63, 3.8) is 0 Å². The fourth-order valence-electron chi connectivity index (χ4n) is 2.14. The number of pyridine rings is 1. The number of halogens is 1. The fourth-order valence-corrected chi connectivity index (χ4v) is 2.14. The summed E-state index contributed by atoms with van der Waals surface area (Å²) in [7, 11) is 2.05. The molecule has 2 rings (SSSR count). The summed E-state index contributed by atoms with van der Waals surface area (Å²) in [5.74, 6) is 0.725. The molecule has 4 heteroatoms. The van der Waals surface area contributed by atoms with Crippen molar-refractivity contribution in [1.29, 1.82) is 0 Å². The molecular formula is C17H22FN3. The second kappa shape index (κ2) is 7.74. The van der Waals surface area contributed by atoms with Gasteiger partial charge < -0.3 is 5.32 Å². The van der Waals surface area contributed by atoms with Crippen LogP contribution in [0.4, 0.5) is 10.2 Å². The second-order valence-corrected chi connectivity index (χ2v) is 5.28. The normalized spacial score (nSPS) is 10.9. The Morgan fingerprint density at radius 3 is 2.33 bits per heavy atom. The highest BCUT2D eigenvalue weighted by Crippen LogP contribution is 2.10. The van der Waals surface area contributed by atoms with Gasteiger partial charge in [-0.1, -0.05) is 25.1 Å². The van der Waals surface area contributed by atoms with Gasteiger partial charge in [0.15, 0.2) is 0 Å². The third kappa shape index (κ3) is 5.16. The molecule has 21 heavy (non-hydrogen) atoms. The maximum atomic E-state index is 12.9. The first-order chi connectivity index (χ1) is 10.2. The van der Waals surface area contributed by atoms with Crippen LogP contribution in [0.2, 0.25) is 0 Å². The van der Waals surface area contributed by atoms with Gasteiger partial charge in [0.25, 0.3) is 0 Å². The van der Waals surface area contributed by atoms with Crippen molar-refractivity contribution < 1.29 is 4.39 Å². The standard InChI is InChI=1S/C17H22FN3/c1-3-10-19-17-9-6-15(11-20-17)13-21(2)12-14-4-7-16(18)8-5-14/h4-9,11H,3,10,12-13H2,1-2H3,(H,19,20). The zero-order valence-corrected chi connectivity index (χ0v) is 12.6. The number of anilines is 1. The summed E-state index contributed by atoms with van der Waals surface area (Å²) in [4.78, 5) is 6.58. The lowest BCUT2D eigenvalue weighted by molar-refractivity contribution is 0.318. The van der Waals surface area contributed by atoms with Crippen LogP contribution in [0, 0.1) is 5.82 Å². The topological polar surface area (TPSA) is 28.2 Å². The Hall–Kier alpha value is -1.94. The van der Waals surface area contributed by atoms with Crippen LogP contribution < -0.4 is 5.32 Å². The largest absolute Gasteiger partial charge is 0.370 e. The predicted molar refractivity (Wildman–Crippen MR) is 84.6 cm³/mol. The number of nitrogens with one attached hydrogen (secondary N) is 1. The Labute approximate surface area is 125 Å². The molecule has 0 aliphatic rings. The van der Waals surface area contributed by atoms with E-state index in [0.29, 0.717) is 0 Å². The van der Waals surface area contributed by atoms with Gasteiger partial charge in [0, 0.05) is 25.8 Å². The molecule has 112 valence electrons. The summed E-state index contributed by atoms with van der Waals surface area (Å²) < 4.78 is 12.9. The number of rotatable bonds is 7. The minimum absolute atomic E-state index is 0.194. The van der Waals surface area contributed by atoms with E-state index >= 15 is 0 Å². The van der Waals surface area contributed by atoms with Crippen LogP contribution in [-0.4, -0.2) is 23.5 Å². The first-order valence-electron chi connectivity index (χ1n) is 7.29. The van der Waals surface area contributed by atoms with Gasteiger partial charge >= 0.3 is 0 Å². The number of aromatic nitrogens is 1. The summed E-state index contributed by atoms with van der Waals surface area (Å²) in [5, 5.41) is 3.26. The van der Waals surface area contributed by atoms with Crippen LogP contribution in [-0.2, 0) is 13.1 Å². The predicted octanol–water partition coefficient (Wildman–Crippen LogP) is 3.67. The van der Waals surface area contributed by atoms with Gasteiger partial charge in [0.1, 0.15) is 11.6 Å². The second-order valence-electron chi connectivity index (χ2n) is 5.28. The maximum absolute atomic E-state index is 12.9. The number of nitrogens with zero attached hydrogens (tertiary/aromatic N) is 2. The molecule has 0 fully saturated rings. The van der Waals surface area contributed by atoms with Crippen molar-refractivity contribution in [3.05, 3.63) is 59.5 Å². The van der Waals surface area contributed by atoms with Crippen LogP contribution in [0.25, 0.3) is 0 Å². The molecule has 1 aromatic heterocycles. The van der Waals surface area contributed by atoms with E-state index < -0.39 is 0 Å². The van der Waals surface area contributed by atoms with Crippen LogP contribution >= 0.6 is 0 Å². The monoisotopic (exact) mass is 287 g/mol. The summed E-state index contributed by atoms with van der Waals surface area (Å²) in [5.41, 5.74) is 2.27. The molecule has 1 aromatic carbocycles. The van der Waals surface area contributed by atoms with E-state index in [2.05, 4.69) is 28.2 Å². The van der Waals surface area contributed by atoms with Gasteiger partial charge in [0.2, 0.25) is 0 Å². The summed E-state index contributed by atoms with van der Waals surface area (Å²) >= 11 is 0. The third-order valence-corrected chi connectivity index (χ3v) is 3.20. The Bertz CT molecular complexity index is 537. The Kier molecular flexibility index (Phi) is 5.69. The van der Waals surface area contributed by atoms with Crippen LogP contribution in [0.3, 0.4) is 0 Å². The van der Waals surface area contributed by atoms with Crippen molar-refractivity contribution in [3.8, 4) is 0 Å². The Balaban J connectivity index is 1.87. The van der Waals surface area contributed by atoms with Gasteiger partial charge in [-0.15, -0.1) is 0 Å². The van der Waals surface area contributed by atoms with Crippen molar-refractivity contribution in [2.45, 2.75) is 26.4 Å². The van der Waals surface area contributed by atoms with E-state index in [1.807, 2.05) is 31.4 Å². The zero-order valence-electron chi connectivity index (χ0n) is 12.6. The molecule has 2 aromatic rings. The molecule has 0 saturated heterocycles. The quantitative estimate of drug-likeness (QED) is 0.842. The SMILES string of the molecule is CCCNc1ccc(CN(C)Cc2ccc(F)cc2)cn1. The van der Waals surface area contributed by atoms with Gasteiger partial charge in [0.05, 0.1) is 0 Å². The van der Waals surface area contributed by atoms with E-state index in [9.17, 15) is 4.39 Å². The first-order valence-corrected chi connectivity index (χ1v) is 7.29. The van der Waals surface area contributed by atoms with E-state index in [1.165, 1.54) is 17.7 Å². The molecule has 0 bridgehead atoms. The number of benzene rings is 1.